The van der Waals surface area contributed by atoms with Crippen molar-refractivity contribution in [2.45, 2.75) is 33.1 Å². The number of alkyl halides is 3. The quantitative estimate of drug-likeness (QED) is 0.0855. The van der Waals surface area contributed by atoms with E-state index in [2.05, 4.69) is 48.1 Å². The third-order valence-electron chi connectivity index (χ3n) is 10.7. The summed E-state index contributed by atoms with van der Waals surface area (Å²) in [6.45, 7) is -0.789. The second-order valence-corrected chi connectivity index (χ2v) is 17.2. The second-order valence-electron chi connectivity index (χ2n) is 15.8. The van der Waals surface area contributed by atoms with Crippen LogP contribution in [0.1, 0.15) is 30.7 Å². The summed E-state index contributed by atoms with van der Waals surface area (Å²) in [6, 6.07) is 60.9. The molecule has 0 unspecified atom stereocenters. The second kappa shape index (κ2) is 31.2. The molecule has 416 valence electrons. The Kier molecular flexibility index (Phi) is 21.7. The van der Waals surface area contributed by atoms with Crippen LogP contribution in [0.25, 0.3) is 89.2 Å². The first-order valence-electron chi connectivity index (χ1n) is 26.2. The number of para-hydroxylation sites is 1. The molecule has 0 spiro atoms. The van der Waals surface area contributed by atoms with E-state index in [4.69, 9.17) is 40.2 Å². The molecule has 12 aromatic rings. The minimum absolute atomic E-state index is 0. The molecule has 2 radical (unpaired) electrons. The summed E-state index contributed by atoms with van der Waals surface area (Å²) in [5.74, 6) is 0. The number of halogens is 3. The molecule has 19 heteroatoms. The van der Waals surface area contributed by atoms with Crippen LogP contribution in [-0.2, 0) is 50.3 Å². The summed E-state index contributed by atoms with van der Waals surface area (Å²) < 4.78 is 115. The maximum Gasteiger partial charge on any atom is 0.522 e. The van der Waals surface area contributed by atoms with Gasteiger partial charge in [-0.2, -0.15) is 21.6 Å². The van der Waals surface area contributed by atoms with Crippen LogP contribution in [0.3, 0.4) is 0 Å². The smallest absolute Gasteiger partial charge is 0.486 e. The van der Waals surface area contributed by atoms with Gasteiger partial charge < -0.3 is 34.0 Å². The molecule has 0 atom stereocenters. The van der Waals surface area contributed by atoms with Gasteiger partial charge in [0.2, 0.25) is 11.4 Å². The van der Waals surface area contributed by atoms with Gasteiger partial charge in [0.15, 0.2) is 0 Å². The fraction of sp³-hybridized carbons (Fsp3) is 0.115. The Morgan fingerprint density at radius 2 is 0.925 bits per heavy atom. The molecular weight excluding hydrogens is 1400 g/mol. The first-order valence-corrected chi connectivity index (χ1v) is 24.6. The molecule has 0 amide bonds. The summed E-state index contributed by atoms with van der Waals surface area (Å²) in [7, 11) is -3.84. The molecular formula is C61H52F3Ir2N6O7S-3. The Balaban J connectivity index is 0.000000238. The van der Waals surface area contributed by atoms with Gasteiger partial charge in [-0.1, -0.05) is 65.5 Å². The summed E-state index contributed by atoms with van der Waals surface area (Å²) >= 11 is 0. The number of hydrogen-bond acceptors (Lipinski definition) is 12. The molecule has 0 bridgehead atoms. The van der Waals surface area contributed by atoms with E-state index in [1.807, 2.05) is 166 Å². The summed E-state index contributed by atoms with van der Waals surface area (Å²) in [6.07, 6.45) is 7.01. The van der Waals surface area contributed by atoms with Crippen LogP contribution < -0.4 is 0 Å². The van der Waals surface area contributed by atoms with Crippen LogP contribution in [0.5, 0.6) is 0 Å². The molecule has 0 aliphatic heterocycles. The Labute approximate surface area is 496 Å². The van der Waals surface area contributed by atoms with Crippen molar-refractivity contribution in [1.29, 1.82) is 0 Å². The zero-order chi connectivity index (χ0) is 61.2. The number of furan rings is 2. The van der Waals surface area contributed by atoms with Gasteiger partial charge >= 0.3 is 15.6 Å². The van der Waals surface area contributed by atoms with Crippen molar-refractivity contribution in [3.8, 4) is 45.0 Å². The predicted octanol–water partition coefficient (Wildman–Crippen LogP) is 13.8. The standard InChI is InChI=1S/C18H14N2O.C18H13N2O.2C11H8N.CHF3O3S.2CH4O.2Ir/c2*1-11-10-12(2)20-18-16(11)14-7-5-6-13(17(14)21-18)15-8-3-4-9-19-15;2*1-2-6-10(7-3-1)11-8-4-5-9-12-11;2-1(3,4)8(5,6)7;2*1-2;;/h3-10H,1-2H3;3-5,7-10H,1-2H3;2*1-6,8-9H;(H,5,6,7);2*2H,1H3;;/q;3*-1;;;;;/i2*2D3;;;;;;;. The van der Waals surface area contributed by atoms with E-state index < -0.39 is 29.3 Å². The van der Waals surface area contributed by atoms with Crippen molar-refractivity contribution >= 4 is 54.3 Å². The van der Waals surface area contributed by atoms with Crippen LogP contribution in [0, 0.1) is 45.8 Å². The van der Waals surface area contributed by atoms with Crippen molar-refractivity contribution in [3.63, 3.8) is 0 Å². The zero-order valence-electron chi connectivity index (χ0n) is 48.8. The largest absolute Gasteiger partial charge is 0.522 e. The SMILES string of the molecule is CO.CO.O=S(=O)(O)C(F)(F)F.[2H]C([2H])([2H])c1cc(C)c2c(n1)oc1c(-c3ccccn3)[c-]ccc12.[2H]C([2H])([2H])c1cc(C)c2c(n1)oc1c(-c3ccccn3)cccc12.[Ir].[Ir].[c-]1ccccc1-c1ccccn1.[c-]1ccccc1-c1ccccn1. The van der Waals surface area contributed by atoms with E-state index in [0.717, 1.165) is 91.9 Å². The van der Waals surface area contributed by atoms with Crippen molar-refractivity contribution in [3.05, 3.63) is 229 Å². The first kappa shape index (κ1) is 55.6. The van der Waals surface area contributed by atoms with Crippen LogP contribution >= 0.6 is 0 Å². The molecule has 0 saturated carbocycles. The maximum absolute atomic E-state index is 10.7. The molecule has 4 aromatic carbocycles. The number of pyridine rings is 6. The predicted molar refractivity (Wildman–Crippen MR) is 298 cm³/mol. The summed E-state index contributed by atoms with van der Waals surface area (Å²) in [5.41, 5.74) is 5.34. The average Bonchev–Trinajstić information content (AvgIpc) is 1.67. The number of aromatic nitrogens is 6. The Morgan fingerprint density at radius 1 is 0.512 bits per heavy atom. The first-order chi connectivity index (χ1) is 40.1. The minimum atomic E-state index is -5.84. The van der Waals surface area contributed by atoms with E-state index in [1.165, 1.54) is 0 Å². The Bertz CT molecular complexity index is 3830. The summed E-state index contributed by atoms with van der Waals surface area (Å²) in [4.78, 5) is 25.6. The van der Waals surface area contributed by atoms with Gasteiger partial charge in [-0.25, -0.2) is 9.97 Å². The summed E-state index contributed by atoms with van der Waals surface area (Å²) in [5, 5.41) is 17.5. The molecule has 8 heterocycles. The molecule has 0 aliphatic rings. The number of aliphatic hydroxyl groups excluding tert-OH is 2. The number of hydrogen-bond donors (Lipinski definition) is 3. The van der Waals surface area contributed by atoms with Crippen molar-refractivity contribution in [1.82, 2.24) is 29.9 Å². The van der Waals surface area contributed by atoms with Crippen molar-refractivity contribution in [2.24, 2.45) is 0 Å². The average molecular weight is 1460 g/mol. The monoisotopic (exact) mass is 1460 g/mol. The third kappa shape index (κ3) is 16.9. The fourth-order valence-corrected chi connectivity index (χ4v) is 7.49. The van der Waals surface area contributed by atoms with Crippen molar-refractivity contribution in [2.75, 3.05) is 14.2 Å². The molecule has 0 saturated heterocycles. The third-order valence-corrected chi connectivity index (χ3v) is 11.3. The zero-order valence-corrected chi connectivity index (χ0v) is 48.4. The minimum Gasteiger partial charge on any atom is -0.486 e. The topological polar surface area (TPSA) is 198 Å². The van der Waals surface area contributed by atoms with Gasteiger partial charge in [-0.15, -0.1) is 90.0 Å². The van der Waals surface area contributed by atoms with Crippen LogP contribution in [0.2, 0.25) is 0 Å². The van der Waals surface area contributed by atoms with Crippen LogP contribution in [-0.4, -0.2) is 72.8 Å². The van der Waals surface area contributed by atoms with Gasteiger partial charge in [0.05, 0.1) is 16.7 Å². The van der Waals surface area contributed by atoms with E-state index in [-0.39, 0.29) is 51.6 Å². The van der Waals surface area contributed by atoms with Gasteiger partial charge in [0.1, 0.15) is 5.58 Å². The molecule has 13 nitrogen and oxygen atoms in total. The number of nitrogens with zero attached hydrogens (tertiary/aromatic N) is 6. The van der Waals surface area contributed by atoms with Crippen molar-refractivity contribution < 1.29 is 93.6 Å². The molecule has 0 fully saturated rings. The number of aryl methyl sites for hydroxylation is 4. The Morgan fingerprint density at radius 3 is 1.32 bits per heavy atom. The fourth-order valence-electron chi connectivity index (χ4n) is 7.49. The van der Waals surface area contributed by atoms with Crippen LogP contribution in [0.15, 0.2) is 197 Å². The molecule has 3 N–H and O–H groups in total. The number of benzene rings is 4. The molecule has 8 aromatic heterocycles. The van der Waals surface area contributed by atoms with E-state index in [0.29, 0.717) is 22.6 Å². The number of rotatable bonds is 4. The van der Waals surface area contributed by atoms with E-state index in [9.17, 15) is 13.2 Å². The maximum atomic E-state index is 10.7. The normalized spacial score (nSPS) is 11.8. The molecule has 80 heavy (non-hydrogen) atoms. The number of fused-ring (bicyclic) bond motifs is 6. The van der Waals surface area contributed by atoms with Crippen LogP contribution in [0.4, 0.5) is 13.2 Å². The van der Waals surface area contributed by atoms with Gasteiger partial charge in [0, 0.05) is 115 Å². The van der Waals surface area contributed by atoms with Gasteiger partial charge in [0.25, 0.3) is 0 Å². The van der Waals surface area contributed by atoms with Gasteiger partial charge in [-0.3, -0.25) is 9.54 Å². The van der Waals surface area contributed by atoms with Gasteiger partial charge in [-0.05, 0) is 104 Å². The number of aliphatic hydroxyl groups is 2. The molecule has 12 rings (SSSR count). The Hall–Kier alpha value is -7.70. The van der Waals surface area contributed by atoms with E-state index >= 15 is 0 Å². The van der Waals surface area contributed by atoms with E-state index in [1.54, 1.807) is 36.9 Å². The molecule has 0 aliphatic carbocycles.